The van der Waals surface area contributed by atoms with Crippen LogP contribution in [0, 0.1) is 0 Å². The van der Waals surface area contributed by atoms with Gasteiger partial charge in [-0.15, -0.1) is 0 Å². The van der Waals surface area contributed by atoms with Crippen molar-refractivity contribution in [2.45, 2.75) is 25.8 Å². The van der Waals surface area contributed by atoms with Crippen molar-refractivity contribution in [1.82, 2.24) is 34.4 Å². The molecule has 0 N–H and O–H groups in total. The molecule has 3 aromatic heterocycles. The van der Waals surface area contributed by atoms with Crippen LogP contribution < -0.4 is 0 Å². The minimum atomic E-state index is 0.209. The molecular weight excluding hydrogens is 402 g/mol. The second kappa shape index (κ2) is 8.74. The van der Waals surface area contributed by atoms with Gasteiger partial charge in [0.25, 0.3) is 0 Å². The lowest BCUT2D eigenvalue weighted by molar-refractivity contribution is -0.130. The van der Waals surface area contributed by atoms with Crippen LogP contribution in [0.4, 0.5) is 0 Å². The van der Waals surface area contributed by atoms with E-state index >= 15 is 0 Å². The van der Waals surface area contributed by atoms with Crippen molar-refractivity contribution in [3.63, 3.8) is 0 Å². The first-order valence-electron chi connectivity index (χ1n) is 10.9. The number of hydrogen-bond acceptors (Lipinski definition) is 5. The number of nitrogens with zero attached hydrogens (tertiary/aromatic N) is 7. The Bertz CT molecular complexity index is 1220. The van der Waals surface area contributed by atoms with Gasteiger partial charge in [0.05, 0.1) is 12.4 Å². The van der Waals surface area contributed by atoms with Crippen LogP contribution in [-0.2, 0) is 18.4 Å². The van der Waals surface area contributed by atoms with Gasteiger partial charge in [0.15, 0.2) is 5.82 Å². The first-order valence-corrected chi connectivity index (χ1v) is 10.9. The molecule has 0 aliphatic carbocycles. The second-order valence-electron chi connectivity index (χ2n) is 8.11. The molecule has 0 atom stereocenters. The summed E-state index contributed by atoms with van der Waals surface area (Å²) in [6.07, 6.45) is 13.9. The van der Waals surface area contributed by atoms with Crippen LogP contribution in [0.3, 0.4) is 0 Å². The number of hydrogen-bond donors (Lipinski definition) is 0. The molecule has 32 heavy (non-hydrogen) atoms. The third-order valence-corrected chi connectivity index (χ3v) is 5.79. The Morgan fingerprint density at radius 1 is 0.875 bits per heavy atom. The third kappa shape index (κ3) is 4.30. The van der Waals surface area contributed by atoms with Crippen LogP contribution in [0.1, 0.15) is 19.3 Å². The molecule has 1 aliphatic heterocycles. The van der Waals surface area contributed by atoms with Crippen LogP contribution >= 0.6 is 0 Å². The summed E-state index contributed by atoms with van der Waals surface area (Å²) in [5, 5.41) is 8.64. The molecule has 4 heterocycles. The molecule has 1 saturated heterocycles. The number of benzene rings is 1. The van der Waals surface area contributed by atoms with Gasteiger partial charge in [-0.05, 0) is 24.5 Å². The minimum absolute atomic E-state index is 0.209. The van der Waals surface area contributed by atoms with Crippen LogP contribution in [0.5, 0.6) is 0 Å². The molecule has 8 nitrogen and oxygen atoms in total. The molecule has 8 heteroatoms. The third-order valence-electron chi connectivity index (χ3n) is 5.79. The van der Waals surface area contributed by atoms with Gasteiger partial charge in [-0.1, -0.05) is 18.2 Å². The summed E-state index contributed by atoms with van der Waals surface area (Å²) in [4.78, 5) is 23.3. The van der Waals surface area contributed by atoms with Gasteiger partial charge < -0.3 is 4.90 Å². The van der Waals surface area contributed by atoms with E-state index in [0.717, 1.165) is 53.7 Å². The van der Waals surface area contributed by atoms with E-state index in [1.54, 1.807) is 10.9 Å². The lowest BCUT2D eigenvalue weighted by Crippen LogP contribution is -2.28. The van der Waals surface area contributed by atoms with E-state index in [9.17, 15) is 4.79 Å². The fourth-order valence-electron chi connectivity index (χ4n) is 4.00. The Kier molecular flexibility index (Phi) is 5.49. The van der Waals surface area contributed by atoms with Crippen LogP contribution in [0.15, 0.2) is 61.4 Å². The van der Waals surface area contributed by atoms with Crippen molar-refractivity contribution >= 4 is 5.91 Å². The zero-order valence-corrected chi connectivity index (χ0v) is 18.1. The van der Waals surface area contributed by atoms with E-state index in [4.69, 9.17) is 0 Å². The maximum atomic E-state index is 12.2. The van der Waals surface area contributed by atoms with E-state index in [-0.39, 0.29) is 5.91 Å². The van der Waals surface area contributed by atoms with Gasteiger partial charge in [-0.3, -0.25) is 14.2 Å². The first kappa shape index (κ1) is 20.1. The Morgan fingerprint density at radius 3 is 2.34 bits per heavy atom. The quantitative estimate of drug-likeness (QED) is 0.471. The van der Waals surface area contributed by atoms with Gasteiger partial charge in [0.2, 0.25) is 5.91 Å². The van der Waals surface area contributed by atoms with Crippen molar-refractivity contribution in [2.75, 3.05) is 13.1 Å². The van der Waals surface area contributed by atoms with E-state index in [2.05, 4.69) is 32.3 Å². The fourth-order valence-corrected chi connectivity index (χ4v) is 4.00. The molecule has 5 rings (SSSR count). The summed E-state index contributed by atoms with van der Waals surface area (Å²) in [5.41, 5.74) is 4.92. The average molecular weight is 428 g/mol. The van der Waals surface area contributed by atoms with Gasteiger partial charge in [-0.2, -0.15) is 10.2 Å². The zero-order valence-electron chi connectivity index (χ0n) is 18.1. The number of amides is 1. The fraction of sp³-hybridized carbons (Fsp3) is 0.292. The molecule has 1 aliphatic rings. The van der Waals surface area contributed by atoms with E-state index in [1.807, 2.05) is 59.7 Å². The van der Waals surface area contributed by atoms with Gasteiger partial charge in [0.1, 0.15) is 0 Å². The van der Waals surface area contributed by atoms with Crippen LogP contribution in [0.25, 0.3) is 33.6 Å². The summed E-state index contributed by atoms with van der Waals surface area (Å²) < 4.78 is 3.60. The maximum Gasteiger partial charge on any atom is 0.224 e. The Hall–Kier alpha value is -3.81. The van der Waals surface area contributed by atoms with Gasteiger partial charge >= 0.3 is 0 Å². The monoisotopic (exact) mass is 427 g/mol. The Balaban J connectivity index is 1.27. The highest BCUT2D eigenvalue weighted by molar-refractivity contribution is 5.76. The highest BCUT2D eigenvalue weighted by Gasteiger charge is 2.17. The Labute approximate surface area is 186 Å². The minimum Gasteiger partial charge on any atom is -0.343 e. The predicted molar refractivity (Wildman–Crippen MR) is 121 cm³/mol. The number of carbonyl (C=O) groups is 1. The summed E-state index contributed by atoms with van der Waals surface area (Å²) in [6, 6.07) is 8.13. The molecular formula is C24H25N7O. The Morgan fingerprint density at radius 2 is 1.59 bits per heavy atom. The van der Waals surface area contributed by atoms with Crippen LogP contribution in [-0.4, -0.2) is 53.4 Å². The number of rotatable bonds is 6. The molecule has 162 valence electrons. The molecule has 0 bridgehead atoms. The molecule has 0 saturated carbocycles. The average Bonchev–Trinajstić information content (AvgIpc) is 3.60. The van der Waals surface area contributed by atoms with Crippen molar-refractivity contribution in [3.8, 4) is 33.6 Å². The molecule has 1 amide bonds. The second-order valence-corrected chi connectivity index (χ2v) is 8.11. The summed E-state index contributed by atoms with van der Waals surface area (Å²) in [5.74, 6) is 0.879. The molecule has 1 aromatic carbocycles. The molecule has 0 unspecified atom stereocenters. The smallest absolute Gasteiger partial charge is 0.224 e. The first-order chi connectivity index (χ1) is 15.7. The van der Waals surface area contributed by atoms with E-state index in [0.29, 0.717) is 18.8 Å². The summed E-state index contributed by atoms with van der Waals surface area (Å²) in [7, 11) is 1.91. The standard InChI is InChI=1S/C24H25N7O/c1-29-16-21(14-27-29)18-5-4-6-19(11-18)24-25-12-20(13-26-24)22-15-28-31(17-22)10-7-23(32)30-8-2-3-9-30/h4-6,11-17H,2-3,7-10H2,1H3. The SMILES string of the molecule is Cn1cc(-c2cccc(-c3ncc(-c4cnn(CCC(=O)N5CCCC5)c4)cn3)c2)cn1. The lowest BCUT2D eigenvalue weighted by atomic mass is 10.1. The van der Waals surface area contributed by atoms with Crippen molar-refractivity contribution < 1.29 is 4.79 Å². The molecule has 0 radical (unpaired) electrons. The lowest BCUT2D eigenvalue weighted by Gasteiger charge is -2.14. The largest absolute Gasteiger partial charge is 0.343 e. The molecule has 4 aromatic rings. The van der Waals surface area contributed by atoms with E-state index < -0.39 is 0 Å². The number of aromatic nitrogens is 6. The van der Waals surface area contributed by atoms with E-state index in [1.165, 1.54) is 0 Å². The van der Waals surface area contributed by atoms with Crippen molar-refractivity contribution in [3.05, 3.63) is 61.4 Å². The zero-order chi connectivity index (χ0) is 21.9. The predicted octanol–water partition coefficient (Wildman–Crippen LogP) is 3.42. The summed E-state index contributed by atoms with van der Waals surface area (Å²) in [6.45, 7) is 2.35. The molecule has 1 fully saturated rings. The van der Waals surface area contributed by atoms with Crippen LogP contribution in [0.2, 0.25) is 0 Å². The van der Waals surface area contributed by atoms with Gasteiger partial charge in [0, 0.05) is 80.1 Å². The maximum absolute atomic E-state index is 12.2. The normalized spacial score (nSPS) is 13.6. The number of carbonyl (C=O) groups excluding carboxylic acids is 1. The molecule has 0 spiro atoms. The highest BCUT2D eigenvalue weighted by atomic mass is 16.2. The van der Waals surface area contributed by atoms with Gasteiger partial charge in [-0.25, -0.2) is 9.97 Å². The highest BCUT2D eigenvalue weighted by Crippen LogP contribution is 2.25. The number of likely N-dealkylation sites (tertiary alicyclic amines) is 1. The summed E-state index contributed by atoms with van der Waals surface area (Å²) >= 11 is 0. The number of aryl methyl sites for hydroxylation is 2. The van der Waals surface area contributed by atoms with Crippen molar-refractivity contribution in [2.24, 2.45) is 7.05 Å². The topological polar surface area (TPSA) is 81.7 Å². The van der Waals surface area contributed by atoms with Crippen molar-refractivity contribution in [1.29, 1.82) is 0 Å².